The highest BCUT2D eigenvalue weighted by Crippen LogP contribution is 2.32. The quantitative estimate of drug-likeness (QED) is 0.460. The molecule has 6 heterocycles. The van der Waals surface area contributed by atoms with E-state index < -0.39 is 0 Å². The third kappa shape index (κ3) is 2.96. The Morgan fingerprint density at radius 2 is 1.81 bits per heavy atom. The van der Waals surface area contributed by atoms with E-state index in [1.54, 1.807) is 0 Å². The number of anilines is 1. The monoisotopic (exact) mass is 427 g/mol. The summed E-state index contributed by atoms with van der Waals surface area (Å²) in [5.74, 6) is 1.98. The molecule has 0 aliphatic carbocycles. The highest BCUT2D eigenvalue weighted by molar-refractivity contribution is 5.98. The van der Waals surface area contributed by atoms with Crippen molar-refractivity contribution >= 4 is 27.8 Å². The molecule has 0 saturated carbocycles. The van der Waals surface area contributed by atoms with Gasteiger partial charge < -0.3 is 19.4 Å². The maximum Gasteiger partial charge on any atom is 0.138 e. The summed E-state index contributed by atoms with van der Waals surface area (Å²) in [5, 5.41) is 8.83. The van der Waals surface area contributed by atoms with Gasteiger partial charge in [-0.2, -0.15) is 5.10 Å². The van der Waals surface area contributed by atoms with E-state index in [1.807, 2.05) is 49.1 Å². The molecule has 0 amide bonds. The van der Waals surface area contributed by atoms with E-state index in [1.165, 1.54) is 0 Å². The van der Waals surface area contributed by atoms with Gasteiger partial charge in [0.25, 0.3) is 0 Å². The van der Waals surface area contributed by atoms with E-state index in [-0.39, 0.29) is 0 Å². The Balaban J connectivity index is 1.45. The average molecular weight is 428 g/mol. The topological polar surface area (TPSA) is 94.6 Å². The van der Waals surface area contributed by atoms with Crippen LogP contribution in [0.1, 0.15) is 5.82 Å². The maximum absolute atomic E-state index is 4.94. The van der Waals surface area contributed by atoms with Gasteiger partial charge in [0.05, 0.1) is 34.3 Å². The number of fused-ring (bicyclic) bond motifs is 2. The molecule has 0 unspecified atom stereocenters. The van der Waals surface area contributed by atoms with Crippen molar-refractivity contribution < 1.29 is 0 Å². The van der Waals surface area contributed by atoms with Gasteiger partial charge in [0.2, 0.25) is 0 Å². The first-order valence-corrected chi connectivity index (χ1v) is 10.8. The molecule has 0 aromatic carbocycles. The van der Waals surface area contributed by atoms with Crippen LogP contribution in [-0.2, 0) is 7.05 Å². The minimum atomic E-state index is 0.807. The number of nitrogens with one attached hydrogen (secondary N) is 2. The molecule has 5 aromatic rings. The summed E-state index contributed by atoms with van der Waals surface area (Å²) in [6.07, 6.45) is 3.74. The Morgan fingerprint density at radius 3 is 2.59 bits per heavy atom. The number of hydrogen-bond acceptors (Lipinski definition) is 6. The van der Waals surface area contributed by atoms with Crippen LogP contribution in [0.15, 0.2) is 36.7 Å². The summed E-state index contributed by atoms with van der Waals surface area (Å²) >= 11 is 0. The zero-order valence-corrected chi connectivity index (χ0v) is 18.4. The van der Waals surface area contributed by atoms with E-state index >= 15 is 0 Å². The highest BCUT2D eigenvalue weighted by Gasteiger charge is 2.20. The van der Waals surface area contributed by atoms with Gasteiger partial charge in [-0.05, 0) is 38.2 Å². The number of imidazole rings is 1. The number of pyridine rings is 2. The van der Waals surface area contributed by atoms with Crippen LogP contribution in [0.2, 0.25) is 0 Å². The molecule has 32 heavy (non-hydrogen) atoms. The van der Waals surface area contributed by atoms with Crippen molar-refractivity contribution in [2.45, 2.75) is 6.92 Å². The second-order valence-corrected chi connectivity index (χ2v) is 8.48. The van der Waals surface area contributed by atoms with Gasteiger partial charge in [-0.1, -0.05) is 0 Å². The predicted molar refractivity (Wildman–Crippen MR) is 126 cm³/mol. The number of H-pyrrole nitrogens is 2. The molecule has 5 aromatic heterocycles. The summed E-state index contributed by atoms with van der Waals surface area (Å²) in [7, 11) is 4.17. The summed E-state index contributed by atoms with van der Waals surface area (Å²) in [4.78, 5) is 22.3. The van der Waals surface area contributed by atoms with Gasteiger partial charge in [-0.3, -0.25) is 5.10 Å². The number of nitrogens with zero attached hydrogens (tertiary/aromatic N) is 7. The molecule has 1 saturated heterocycles. The fraction of sp³-hybridized carbons (Fsp3) is 0.304. The van der Waals surface area contributed by atoms with Gasteiger partial charge >= 0.3 is 0 Å². The Bertz CT molecular complexity index is 1430. The Hall–Kier alpha value is -3.72. The molecular formula is C23H25N9. The second-order valence-electron chi connectivity index (χ2n) is 8.48. The van der Waals surface area contributed by atoms with Crippen molar-refractivity contribution in [2.24, 2.45) is 7.05 Å². The molecular weight excluding hydrogens is 402 g/mol. The van der Waals surface area contributed by atoms with E-state index in [0.29, 0.717) is 0 Å². The van der Waals surface area contributed by atoms with Gasteiger partial charge in [-0.25, -0.2) is 15.0 Å². The molecule has 1 fully saturated rings. The molecule has 9 nitrogen and oxygen atoms in total. The predicted octanol–water partition coefficient (Wildman–Crippen LogP) is 2.96. The summed E-state index contributed by atoms with van der Waals surface area (Å²) in [5.41, 5.74) is 6.38. The first kappa shape index (κ1) is 19.0. The molecule has 9 heteroatoms. The van der Waals surface area contributed by atoms with Gasteiger partial charge in [-0.15, -0.1) is 0 Å². The van der Waals surface area contributed by atoms with Crippen molar-refractivity contribution in [3.8, 4) is 22.8 Å². The van der Waals surface area contributed by atoms with E-state index in [2.05, 4.69) is 43.1 Å². The highest BCUT2D eigenvalue weighted by atomic mass is 15.3. The Labute approximate surface area is 185 Å². The largest absolute Gasteiger partial charge is 0.353 e. The average Bonchev–Trinajstić information content (AvgIpc) is 3.50. The minimum absolute atomic E-state index is 0.807. The summed E-state index contributed by atoms with van der Waals surface area (Å²) in [6, 6.07) is 8.19. The lowest BCUT2D eigenvalue weighted by Crippen LogP contribution is -2.44. The van der Waals surface area contributed by atoms with Crippen LogP contribution in [0.5, 0.6) is 0 Å². The van der Waals surface area contributed by atoms with E-state index in [0.717, 1.165) is 82.5 Å². The van der Waals surface area contributed by atoms with Crippen LogP contribution in [0.25, 0.3) is 44.7 Å². The lowest BCUT2D eigenvalue weighted by atomic mass is 10.2. The number of aromatic nitrogens is 7. The molecule has 0 spiro atoms. The van der Waals surface area contributed by atoms with Gasteiger partial charge in [0.1, 0.15) is 22.9 Å². The standard InChI is InChI=1S/C23H25N9/c1-14-25-13-20(31(14)3)17-4-5-18-21(27-17)22(29-28-18)19-12-15-16(26-19)6-7-24-23(15)32-10-8-30(2)9-11-32/h4-7,12-13,26H,8-11H2,1-3H3,(H,28,29). The molecule has 162 valence electrons. The molecule has 1 aliphatic rings. The minimum Gasteiger partial charge on any atom is -0.353 e. The molecule has 1 aliphatic heterocycles. The van der Waals surface area contributed by atoms with Crippen LogP contribution in [0.4, 0.5) is 5.82 Å². The lowest BCUT2D eigenvalue weighted by molar-refractivity contribution is 0.312. The second kappa shape index (κ2) is 7.16. The number of rotatable bonds is 3. The summed E-state index contributed by atoms with van der Waals surface area (Å²) < 4.78 is 2.05. The first-order chi connectivity index (χ1) is 15.6. The van der Waals surface area contributed by atoms with Crippen LogP contribution in [0.3, 0.4) is 0 Å². The third-order valence-electron chi connectivity index (χ3n) is 6.48. The fourth-order valence-electron chi connectivity index (χ4n) is 4.41. The SMILES string of the molecule is Cc1ncc(-c2ccc3[nH]nc(-c4cc5c(N6CCN(C)CC6)nccc5[nH]4)c3n2)n1C. The van der Waals surface area contributed by atoms with Crippen molar-refractivity contribution in [3.05, 3.63) is 42.5 Å². The zero-order chi connectivity index (χ0) is 21.8. The van der Waals surface area contributed by atoms with E-state index in [4.69, 9.17) is 9.97 Å². The van der Waals surface area contributed by atoms with Crippen molar-refractivity contribution in [3.63, 3.8) is 0 Å². The molecule has 2 N–H and O–H groups in total. The summed E-state index contributed by atoms with van der Waals surface area (Å²) in [6.45, 7) is 6.02. The van der Waals surface area contributed by atoms with Crippen molar-refractivity contribution in [2.75, 3.05) is 38.1 Å². The van der Waals surface area contributed by atoms with Gasteiger partial charge in [0.15, 0.2) is 0 Å². The molecule has 0 radical (unpaired) electrons. The van der Waals surface area contributed by atoms with Crippen molar-refractivity contribution in [1.29, 1.82) is 0 Å². The third-order valence-corrected chi connectivity index (χ3v) is 6.48. The number of aromatic amines is 2. The van der Waals surface area contributed by atoms with Crippen molar-refractivity contribution in [1.82, 2.24) is 39.6 Å². The molecule has 0 atom stereocenters. The maximum atomic E-state index is 4.94. The normalized spacial score (nSPS) is 15.3. The molecule has 6 rings (SSSR count). The number of piperazine rings is 1. The number of hydrogen-bond donors (Lipinski definition) is 2. The lowest BCUT2D eigenvalue weighted by Gasteiger charge is -2.33. The smallest absolute Gasteiger partial charge is 0.138 e. The number of likely N-dealkylation sites (N-methyl/N-ethyl adjacent to an activating group) is 1. The Kier molecular flexibility index (Phi) is 4.25. The van der Waals surface area contributed by atoms with E-state index in [9.17, 15) is 0 Å². The van der Waals surface area contributed by atoms with Crippen LogP contribution in [0, 0.1) is 6.92 Å². The van der Waals surface area contributed by atoms with Gasteiger partial charge in [0, 0.05) is 44.8 Å². The van der Waals surface area contributed by atoms with Crippen LogP contribution >= 0.6 is 0 Å². The fourth-order valence-corrected chi connectivity index (χ4v) is 4.41. The number of aryl methyl sites for hydroxylation is 1. The first-order valence-electron chi connectivity index (χ1n) is 10.8. The zero-order valence-electron chi connectivity index (χ0n) is 18.4. The van der Waals surface area contributed by atoms with Crippen LogP contribution < -0.4 is 4.90 Å². The molecule has 0 bridgehead atoms. The Morgan fingerprint density at radius 1 is 0.969 bits per heavy atom. The van der Waals surface area contributed by atoms with Crippen LogP contribution in [-0.4, -0.2) is 72.8 Å².